The highest BCUT2D eigenvalue weighted by Crippen LogP contribution is 2.21. The highest BCUT2D eigenvalue weighted by atomic mass is 35.5. The number of amides is 1. The van der Waals surface area contributed by atoms with Gasteiger partial charge in [0.05, 0.1) is 5.56 Å². The zero-order valence-corrected chi connectivity index (χ0v) is 13.4. The average Bonchev–Trinajstić information content (AvgIpc) is 2.94. The lowest BCUT2D eigenvalue weighted by atomic mass is 10.2. The van der Waals surface area contributed by atoms with Crippen molar-refractivity contribution in [3.8, 4) is 0 Å². The third-order valence-corrected chi connectivity index (χ3v) is 4.70. The Balaban J connectivity index is 1.73. The number of nitrogens with zero attached hydrogens (tertiary/aromatic N) is 3. The maximum atomic E-state index is 13.9. The molecule has 22 heavy (non-hydrogen) atoms. The molecule has 1 aromatic carbocycles. The third kappa shape index (κ3) is 3.23. The molecule has 1 aliphatic rings. The number of halogens is 2. The zero-order valence-electron chi connectivity index (χ0n) is 11.8. The van der Waals surface area contributed by atoms with Crippen LogP contribution in [0, 0.1) is 5.82 Å². The van der Waals surface area contributed by atoms with E-state index in [9.17, 15) is 9.18 Å². The van der Waals surface area contributed by atoms with Crippen molar-refractivity contribution < 1.29 is 9.18 Å². The smallest absolute Gasteiger partial charge is 0.256 e. The van der Waals surface area contributed by atoms with Crippen LogP contribution in [0.3, 0.4) is 0 Å². The molecule has 0 bridgehead atoms. The maximum absolute atomic E-state index is 13.9. The Labute approximate surface area is 137 Å². The van der Waals surface area contributed by atoms with Gasteiger partial charge in [0.1, 0.15) is 5.82 Å². The summed E-state index contributed by atoms with van der Waals surface area (Å²) in [5.74, 6) is -0.837. The van der Waals surface area contributed by atoms with Gasteiger partial charge in [-0.1, -0.05) is 11.6 Å². The summed E-state index contributed by atoms with van der Waals surface area (Å²) in [7, 11) is 0. The molecule has 0 radical (unpaired) electrons. The SMILES string of the molecule is O=C(c1cc(Cl)ccc1F)N1CCCN(c2nccs2)CC1. The van der Waals surface area contributed by atoms with Gasteiger partial charge in [-0.25, -0.2) is 9.37 Å². The van der Waals surface area contributed by atoms with Crippen LogP contribution in [0.15, 0.2) is 29.8 Å². The fraction of sp³-hybridized carbons (Fsp3) is 0.333. The largest absolute Gasteiger partial charge is 0.346 e. The molecule has 7 heteroatoms. The Morgan fingerprint density at radius 2 is 2.14 bits per heavy atom. The fourth-order valence-electron chi connectivity index (χ4n) is 2.52. The van der Waals surface area contributed by atoms with E-state index >= 15 is 0 Å². The molecule has 1 aromatic heterocycles. The summed E-state index contributed by atoms with van der Waals surface area (Å²) in [6, 6.07) is 4.07. The number of hydrogen-bond donors (Lipinski definition) is 0. The summed E-state index contributed by atoms with van der Waals surface area (Å²) in [6.07, 6.45) is 2.60. The highest BCUT2D eigenvalue weighted by Gasteiger charge is 2.23. The lowest BCUT2D eigenvalue weighted by Gasteiger charge is -2.22. The van der Waals surface area contributed by atoms with Gasteiger partial charge in [0.25, 0.3) is 5.91 Å². The van der Waals surface area contributed by atoms with Crippen LogP contribution < -0.4 is 4.90 Å². The van der Waals surface area contributed by atoms with E-state index < -0.39 is 5.82 Å². The number of thiazole rings is 1. The molecule has 1 saturated heterocycles. The third-order valence-electron chi connectivity index (χ3n) is 3.63. The van der Waals surface area contributed by atoms with Crippen molar-refractivity contribution in [2.45, 2.75) is 6.42 Å². The van der Waals surface area contributed by atoms with E-state index in [1.165, 1.54) is 18.2 Å². The Morgan fingerprint density at radius 3 is 2.91 bits per heavy atom. The van der Waals surface area contributed by atoms with Gasteiger partial charge >= 0.3 is 0 Å². The first-order chi connectivity index (χ1) is 10.6. The van der Waals surface area contributed by atoms with E-state index in [2.05, 4.69) is 9.88 Å². The minimum atomic E-state index is -0.532. The van der Waals surface area contributed by atoms with Gasteiger partial charge < -0.3 is 9.80 Å². The van der Waals surface area contributed by atoms with E-state index in [1.807, 2.05) is 5.38 Å². The van der Waals surface area contributed by atoms with Crippen LogP contribution in [0.25, 0.3) is 0 Å². The minimum absolute atomic E-state index is 0.0372. The van der Waals surface area contributed by atoms with Gasteiger partial charge in [0, 0.05) is 42.8 Å². The second-order valence-corrected chi connectivity index (χ2v) is 6.38. The van der Waals surface area contributed by atoms with Crippen LogP contribution >= 0.6 is 22.9 Å². The summed E-state index contributed by atoms with van der Waals surface area (Å²) in [5, 5.41) is 3.26. The van der Waals surface area contributed by atoms with Crippen LogP contribution in [0.5, 0.6) is 0 Å². The summed E-state index contributed by atoms with van der Waals surface area (Å²) in [4.78, 5) is 20.7. The topological polar surface area (TPSA) is 36.4 Å². The van der Waals surface area contributed by atoms with Crippen LogP contribution in [0.2, 0.25) is 5.02 Å². The van der Waals surface area contributed by atoms with Crippen LogP contribution in [0.4, 0.5) is 9.52 Å². The second-order valence-electron chi connectivity index (χ2n) is 5.07. The van der Waals surface area contributed by atoms with Crippen molar-refractivity contribution in [2.75, 3.05) is 31.1 Å². The van der Waals surface area contributed by atoms with E-state index in [0.717, 1.165) is 18.1 Å². The number of carbonyl (C=O) groups excluding carboxylic acids is 1. The molecular formula is C15H15ClFN3OS. The van der Waals surface area contributed by atoms with Gasteiger partial charge in [0.2, 0.25) is 0 Å². The number of aromatic nitrogens is 1. The van der Waals surface area contributed by atoms with Gasteiger partial charge in [0.15, 0.2) is 5.13 Å². The van der Waals surface area contributed by atoms with Crippen molar-refractivity contribution >= 4 is 34.0 Å². The van der Waals surface area contributed by atoms with Crippen molar-refractivity contribution in [1.82, 2.24) is 9.88 Å². The molecule has 1 aliphatic heterocycles. The minimum Gasteiger partial charge on any atom is -0.346 e. The molecule has 1 amide bonds. The van der Waals surface area contributed by atoms with Crippen molar-refractivity contribution in [3.63, 3.8) is 0 Å². The van der Waals surface area contributed by atoms with E-state index in [0.29, 0.717) is 24.7 Å². The molecule has 0 saturated carbocycles. The normalized spacial score (nSPS) is 15.7. The monoisotopic (exact) mass is 339 g/mol. The van der Waals surface area contributed by atoms with Crippen molar-refractivity contribution in [1.29, 1.82) is 0 Å². The van der Waals surface area contributed by atoms with E-state index in [4.69, 9.17) is 11.6 Å². The van der Waals surface area contributed by atoms with Gasteiger partial charge in [-0.3, -0.25) is 4.79 Å². The molecule has 4 nitrogen and oxygen atoms in total. The molecule has 0 aliphatic carbocycles. The number of anilines is 1. The summed E-state index contributed by atoms with van der Waals surface area (Å²) < 4.78 is 13.9. The van der Waals surface area contributed by atoms with Crippen molar-refractivity contribution in [2.24, 2.45) is 0 Å². The van der Waals surface area contributed by atoms with Crippen molar-refractivity contribution in [3.05, 3.63) is 46.2 Å². The Kier molecular flexibility index (Phi) is 4.59. The lowest BCUT2D eigenvalue weighted by Crippen LogP contribution is -2.35. The van der Waals surface area contributed by atoms with Gasteiger partial charge in [-0.2, -0.15) is 0 Å². The first-order valence-electron chi connectivity index (χ1n) is 7.04. The number of hydrogen-bond acceptors (Lipinski definition) is 4. The maximum Gasteiger partial charge on any atom is 0.256 e. The Hall–Kier alpha value is -1.66. The molecule has 0 unspecified atom stereocenters. The molecule has 1 fully saturated rings. The molecule has 116 valence electrons. The Morgan fingerprint density at radius 1 is 1.27 bits per heavy atom. The second kappa shape index (κ2) is 6.62. The number of benzene rings is 1. The number of carbonyl (C=O) groups is 1. The summed E-state index contributed by atoms with van der Waals surface area (Å²) >= 11 is 7.45. The first-order valence-corrected chi connectivity index (χ1v) is 8.29. The molecule has 2 heterocycles. The van der Waals surface area contributed by atoms with Gasteiger partial charge in [-0.05, 0) is 24.6 Å². The molecule has 3 rings (SSSR count). The average molecular weight is 340 g/mol. The molecule has 2 aromatic rings. The first kappa shape index (κ1) is 15.2. The summed E-state index contributed by atoms with van der Waals surface area (Å²) in [5.41, 5.74) is 0.0372. The van der Waals surface area contributed by atoms with E-state index in [-0.39, 0.29) is 11.5 Å². The van der Waals surface area contributed by atoms with E-state index in [1.54, 1.807) is 22.4 Å². The quantitative estimate of drug-likeness (QED) is 0.842. The summed E-state index contributed by atoms with van der Waals surface area (Å²) in [6.45, 7) is 2.69. The van der Waals surface area contributed by atoms with Crippen LogP contribution in [-0.4, -0.2) is 42.0 Å². The predicted octanol–water partition coefficient (Wildman–Crippen LogP) is 3.29. The van der Waals surface area contributed by atoms with Crippen LogP contribution in [0.1, 0.15) is 16.8 Å². The van der Waals surface area contributed by atoms with Crippen LogP contribution in [-0.2, 0) is 0 Å². The number of rotatable bonds is 2. The molecular weight excluding hydrogens is 325 g/mol. The predicted molar refractivity (Wildman–Crippen MR) is 86.3 cm³/mol. The fourth-order valence-corrected chi connectivity index (χ4v) is 3.38. The molecule has 0 N–H and O–H groups in total. The lowest BCUT2D eigenvalue weighted by molar-refractivity contribution is 0.0762. The molecule has 0 atom stereocenters. The zero-order chi connectivity index (χ0) is 15.5. The van der Waals surface area contributed by atoms with Gasteiger partial charge in [-0.15, -0.1) is 11.3 Å². The molecule has 0 spiro atoms. The Bertz CT molecular complexity index is 665. The standard InChI is InChI=1S/C15H15ClFN3OS/c16-11-2-3-13(17)12(10-11)14(21)19-5-1-6-20(8-7-19)15-18-4-9-22-15/h2-4,9-10H,1,5-8H2. The highest BCUT2D eigenvalue weighted by molar-refractivity contribution is 7.13.